The number of tetrazole rings is 1. The lowest BCUT2D eigenvalue weighted by Gasteiger charge is -2.13. The summed E-state index contributed by atoms with van der Waals surface area (Å²) in [5, 5.41) is 26.5. The summed E-state index contributed by atoms with van der Waals surface area (Å²) in [6.07, 6.45) is 2.27. The number of amides is 1. The second-order valence-electron chi connectivity index (χ2n) is 8.02. The average molecular weight is 490 g/mol. The third kappa shape index (κ3) is 6.91. The Morgan fingerprint density at radius 2 is 1.77 bits per heavy atom. The number of aliphatic hydroxyl groups is 1. The van der Waals surface area contributed by atoms with Crippen molar-refractivity contribution in [3.8, 4) is 17.1 Å². The number of aromatic amines is 1. The number of carbonyl (C=O) groups is 1. The van der Waals surface area contributed by atoms with Gasteiger partial charge in [0, 0.05) is 20.9 Å². The van der Waals surface area contributed by atoms with Crippen LogP contribution in [0.3, 0.4) is 0 Å². The molecule has 1 heterocycles. The third-order valence-corrected chi connectivity index (χ3v) is 6.40. The molecule has 8 nitrogen and oxygen atoms in total. The molecule has 0 aliphatic carbocycles. The first-order chi connectivity index (χ1) is 17.1. The van der Waals surface area contributed by atoms with Crippen LogP contribution in [0.2, 0.25) is 0 Å². The first-order valence-electron chi connectivity index (χ1n) is 11.4. The van der Waals surface area contributed by atoms with Crippen LogP contribution in [0.1, 0.15) is 36.5 Å². The summed E-state index contributed by atoms with van der Waals surface area (Å²) in [7, 11) is 0. The molecular formula is C26H27N5O3S. The molecule has 1 unspecified atom stereocenters. The van der Waals surface area contributed by atoms with Crippen molar-refractivity contribution in [1.29, 1.82) is 0 Å². The maximum Gasteiger partial charge on any atom is 0.255 e. The lowest BCUT2D eigenvalue weighted by atomic mass is 10.2. The fourth-order valence-corrected chi connectivity index (χ4v) is 4.46. The van der Waals surface area contributed by atoms with Gasteiger partial charge in [0.15, 0.2) is 5.82 Å². The molecule has 1 atom stereocenters. The summed E-state index contributed by atoms with van der Waals surface area (Å²) in [6.45, 7) is 2.37. The van der Waals surface area contributed by atoms with Crippen molar-refractivity contribution in [2.45, 2.75) is 42.1 Å². The molecule has 0 spiro atoms. The van der Waals surface area contributed by atoms with Gasteiger partial charge in [-0.25, -0.2) is 5.10 Å². The Labute approximate surface area is 208 Å². The van der Waals surface area contributed by atoms with Crippen molar-refractivity contribution >= 4 is 23.4 Å². The number of hydrogen-bond donors (Lipinski definition) is 3. The molecule has 0 radical (unpaired) electrons. The Bertz CT molecular complexity index is 1230. The smallest absolute Gasteiger partial charge is 0.255 e. The van der Waals surface area contributed by atoms with E-state index in [1.165, 1.54) is 11.8 Å². The molecule has 0 saturated carbocycles. The Morgan fingerprint density at radius 1 is 1.03 bits per heavy atom. The number of benzene rings is 3. The molecule has 3 aromatic carbocycles. The van der Waals surface area contributed by atoms with Gasteiger partial charge in [0.25, 0.3) is 5.91 Å². The maximum atomic E-state index is 12.9. The largest absolute Gasteiger partial charge is 0.494 e. The van der Waals surface area contributed by atoms with E-state index >= 15 is 0 Å². The summed E-state index contributed by atoms with van der Waals surface area (Å²) < 4.78 is 5.73. The van der Waals surface area contributed by atoms with Crippen LogP contribution in [-0.4, -0.2) is 44.3 Å². The molecule has 0 saturated heterocycles. The van der Waals surface area contributed by atoms with Crippen molar-refractivity contribution < 1.29 is 14.6 Å². The van der Waals surface area contributed by atoms with Gasteiger partial charge in [0.1, 0.15) is 5.75 Å². The first-order valence-corrected chi connectivity index (χ1v) is 12.2. The number of ether oxygens (including phenoxy) is 1. The van der Waals surface area contributed by atoms with Crippen LogP contribution in [0.5, 0.6) is 5.75 Å². The molecule has 1 amide bonds. The van der Waals surface area contributed by atoms with Crippen molar-refractivity contribution in [3.05, 3.63) is 78.4 Å². The Hall–Kier alpha value is -3.69. The molecule has 3 N–H and O–H groups in total. The van der Waals surface area contributed by atoms with Crippen molar-refractivity contribution in [1.82, 2.24) is 20.6 Å². The molecule has 4 rings (SSSR count). The predicted octanol–water partition coefficient (Wildman–Crippen LogP) is 5.20. The molecule has 35 heavy (non-hydrogen) atoms. The number of para-hydroxylation sites is 1. The van der Waals surface area contributed by atoms with Crippen LogP contribution in [-0.2, 0) is 0 Å². The summed E-state index contributed by atoms with van der Waals surface area (Å²) >= 11 is 1.53. The minimum absolute atomic E-state index is 0.200. The van der Waals surface area contributed by atoms with E-state index in [1.807, 2.05) is 48.5 Å². The minimum Gasteiger partial charge on any atom is -0.494 e. The minimum atomic E-state index is -0.281. The van der Waals surface area contributed by atoms with Gasteiger partial charge in [-0.3, -0.25) is 4.79 Å². The van der Waals surface area contributed by atoms with Crippen molar-refractivity contribution in [2.75, 3.05) is 11.9 Å². The summed E-state index contributed by atoms with van der Waals surface area (Å²) in [6, 6.07) is 22.6. The molecule has 9 heteroatoms. The van der Waals surface area contributed by atoms with Gasteiger partial charge >= 0.3 is 0 Å². The van der Waals surface area contributed by atoms with Crippen LogP contribution >= 0.6 is 11.8 Å². The average Bonchev–Trinajstić information content (AvgIpc) is 3.40. The fourth-order valence-electron chi connectivity index (χ4n) is 3.43. The lowest BCUT2D eigenvalue weighted by Crippen LogP contribution is -2.12. The Kier molecular flexibility index (Phi) is 8.48. The van der Waals surface area contributed by atoms with Crippen LogP contribution in [0.25, 0.3) is 11.4 Å². The van der Waals surface area contributed by atoms with Gasteiger partial charge in [-0.1, -0.05) is 36.0 Å². The zero-order valence-electron chi connectivity index (χ0n) is 19.3. The van der Waals surface area contributed by atoms with Crippen LogP contribution < -0.4 is 10.1 Å². The summed E-state index contributed by atoms with van der Waals surface area (Å²) in [5.74, 6) is 1.10. The van der Waals surface area contributed by atoms with E-state index in [1.54, 1.807) is 31.2 Å². The van der Waals surface area contributed by atoms with Gasteiger partial charge in [-0.2, -0.15) is 0 Å². The Morgan fingerprint density at radius 3 is 2.51 bits per heavy atom. The van der Waals surface area contributed by atoms with E-state index < -0.39 is 0 Å². The quantitative estimate of drug-likeness (QED) is 0.248. The van der Waals surface area contributed by atoms with E-state index in [4.69, 9.17) is 4.74 Å². The monoisotopic (exact) mass is 489 g/mol. The number of aliphatic hydroxyl groups excluding tert-OH is 1. The maximum absolute atomic E-state index is 12.9. The van der Waals surface area contributed by atoms with Gasteiger partial charge in [0.05, 0.1) is 18.4 Å². The zero-order chi connectivity index (χ0) is 24.5. The molecular weight excluding hydrogens is 462 g/mol. The fraction of sp³-hybridized carbons (Fsp3) is 0.231. The standard InChI is InChI=1S/C26H27N5O3S/c1-18(32)8-6-7-17-34-20-15-13-19(14-16-20)26(33)27-22-10-3-5-12-24(22)35-23-11-4-2-9-21(23)25-28-30-31-29-25/h2-5,9-16,18,32H,6-8,17H2,1H3,(H,27,33)(H,28,29,30,31). The SMILES string of the molecule is CC(O)CCCCOc1ccc(C(=O)Nc2ccccc2Sc2ccccc2-c2nnn[nH]2)cc1. The van der Waals surface area contributed by atoms with Crippen LogP contribution in [0.15, 0.2) is 82.6 Å². The number of unbranched alkanes of at least 4 members (excludes halogenated alkanes) is 1. The Balaban J connectivity index is 1.40. The molecule has 180 valence electrons. The first kappa shape index (κ1) is 24.4. The molecule has 0 aliphatic rings. The number of nitrogens with zero attached hydrogens (tertiary/aromatic N) is 3. The highest BCUT2D eigenvalue weighted by atomic mass is 32.2. The van der Waals surface area contributed by atoms with Crippen LogP contribution in [0.4, 0.5) is 5.69 Å². The summed E-state index contributed by atoms with van der Waals surface area (Å²) in [4.78, 5) is 14.8. The van der Waals surface area contributed by atoms with Gasteiger partial charge in [0.2, 0.25) is 0 Å². The number of hydrogen-bond acceptors (Lipinski definition) is 7. The predicted molar refractivity (Wildman–Crippen MR) is 136 cm³/mol. The number of nitrogens with one attached hydrogen (secondary N) is 2. The molecule has 0 bridgehead atoms. The van der Waals surface area contributed by atoms with Gasteiger partial charge in [-0.05, 0) is 85.1 Å². The number of anilines is 1. The van der Waals surface area contributed by atoms with E-state index in [0.29, 0.717) is 29.4 Å². The molecule has 0 aliphatic heterocycles. The molecule has 1 aromatic heterocycles. The highest BCUT2D eigenvalue weighted by molar-refractivity contribution is 7.99. The number of carbonyl (C=O) groups excluding carboxylic acids is 1. The molecule has 0 fully saturated rings. The molecule has 4 aromatic rings. The highest BCUT2D eigenvalue weighted by Crippen LogP contribution is 2.38. The second kappa shape index (κ2) is 12.1. The number of rotatable bonds is 11. The van der Waals surface area contributed by atoms with E-state index in [9.17, 15) is 9.90 Å². The van der Waals surface area contributed by atoms with E-state index in [2.05, 4.69) is 25.9 Å². The van der Waals surface area contributed by atoms with E-state index in [-0.39, 0.29) is 12.0 Å². The topological polar surface area (TPSA) is 113 Å². The normalized spacial score (nSPS) is 11.7. The van der Waals surface area contributed by atoms with E-state index in [0.717, 1.165) is 34.6 Å². The second-order valence-corrected chi connectivity index (χ2v) is 9.10. The van der Waals surface area contributed by atoms with Crippen molar-refractivity contribution in [2.24, 2.45) is 0 Å². The van der Waals surface area contributed by atoms with Crippen molar-refractivity contribution in [3.63, 3.8) is 0 Å². The lowest BCUT2D eigenvalue weighted by molar-refractivity contribution is 0.102. The van der Waals surface area contributed by atoms with Gasteiger partial charge < -0.3 is 15.2 Å². The van der Waals surface area contributed by atoms with Crippen LogP contribution in [0, 0.1) is 0 Å². The summed E-state index contributed by atoms with van der Waals surface area (Å²) in [5.41, 5.74) is 2.14. The zero-order valence-corrected chi connectivity index (χ0v) is 20.2. The van der Waals surface area contributed by atoms with Gasteiger partial charge in [-0.15, -0.1) is 5.10 Å². The third-order valence-electron chi connectivity index (χ3n) is 5.24. The highest BCUT2D eigenvalue weighted by Gasteiger charge is 2.14. The number of H-pyrrole nitrogens is 1. The number of aromatic nitrogens is 4.